The average Bonchev–Trinajstić information content (AvgIpc) is 3.08. The summed E-state index contributed by atoms with van der Waals surface area (Å²) in [6, 6.07) is -0.399. The Bertz CT molecular complexity index is 694. The van der Waals surface area contributed by atoms with Crippen molar-refractivity contribution >= 4 is 35.6 Å². The zero-order chi connectivity index (χ0) is 19.6. The van der Waals surface area contributed by atoms with Gasteiger partial charge in [-0.05, 0) is 25.7 Å². The second-order valence-electron chi connectivity index (χ2n) is 7.07. The van der Waals surface area contributed by atoms with E-state index in [1.165, 1.54) is 27.6 Å². The van der Waals surface area contributed by atoms with Gasteiger partial charge in [-0.2, -0.15) is 0 Å². The zero-order valence-corrected chi connectivity index (χ0v) is 16.5. The SMILES string of the molecule is CCOC(=O)/C=C1\SCC(=O)N1CCN1C(=O)N[C@@]2(CCCC[C@@H]2C)C1=O. The van der Waals surface area contributed by atoms with Crippen LogP contribution >= 0.6 is 11.8 Å². The van der Waals surface area contributed by atoms with Crippen LogP contribution in [0.1, 0.15) is 39.5 Å². The van der Waals surface area contributed by atoms with Crippen LogP contribution in [0.2, 0.25) is 0 Å². The van der Waals surface area contributed by atoms with Crippen LogP contribution in [0.5, 0.6) is 0 Å². The molecule has 2 heterocycles. The van der Waals surface area contributed by atoms with Crippen LogP contribution in [0.4, 0.5) is 4.79 Å². The number of hydrogen-bond acceptors (Lipinski definition) is 6. The Morgan fingerprint density at radius 3 is 2.74 bits per heavy atom. The highest BCUT2D eigenvalue weighted by molar-refractivity contribution is 8.04. The summed E-state index contributed by atoms with van der Waals surface area (Å²) in [5.41, 5.74) is -0.803. The normalized spacial score (nSPS) is 29.8. The molecule has 9 heteroatoms. The first-order valence-electron chi connectivity index (χ1n) is 9.34. The van der Waals surface area contributed by atoms with Crippen LogP contribution < -0.4 is 5.32 Å². The average molecular weight is 395 g/mol. The number of hydrogen-bond donors (Lipinski definition) is 1. The van der Waals surface area contributed by atoms with Gasteiger partial charge in [0.15, 0.2) is 0 Å². The lowest BCUT2D eigenvalue weighted by Gasteiger charge is -2.36. The minimum absolute atomic E-state index is 0.0935. The van der Waals surface area contributed by atoms with E-state index in [-0.39, 0.29) is 43.2 Å². The predicted octanol–water partition coefficient (Wildman–Crippen LogP) is 1.47. The van der Waals surface area contributed by atoms with Gasteiger partial charge in [-0.1, -0.05) is 31.5 Å². The third kappa shape index (κ3) is 3.69. The van der Waals surface area contributed by atoms with Crippen molar-refractivity contribution in [3.05, 3.63) is 11.1 Å². The number of carbonyl (C=O) groups excluding carboxylic acids is 4. The Kier molecular flexibility index (Phi) is 5.78. The van der Waals surface area contributed by atoms with E-state index in [9.17, 15) is 19.2 Å². The van der Waals surface area contributed by atoms with Gasteiger partial charge in [-0.15, -0.1) is 0 Å². The molecule has 1 N–H and O–H groups in total. The molecule has 1 saturated carbocycles. The van der Waals surface area contributed by atoms with E-state index in [4.69, 9.17) is 4.74 Å². The van der Waals surface area contributed by atoms with E-state index in [2.05, 4.69) is 5.32 Å². The van der Waals surface area contributed by atoms with Gasteiger partial charge in [-0.25, -0.2) is 9.59 Å². The zero-order valence-electron chi connectivity index (χ0n) is 15.7. The molecule has 0 aromatic heterocycles. The van der Waals surface area contributed by atoms with Crippen LogP contribution in [0.3, 0.4) is 0 Å². The Hall–Kier alpha value is -2.03. The molecule has 2 aliphatic heterocycles. The maximum atomic E-state index is 13.0. The Morgan fingerprint density at radius 2 is 2.04 bits per heavy atom. The van der Waals surface area contributed by atoms with E-state index in [1.807, 2.05) is 6.92 Å². The highest BCUT2D eigenvalue weighted by Gasteiger charge is 2.54. The van der Waals surface area contributed by atoms with Gasteiger partial charge >= 0.3 is 12.0 Å². The second kappa shape index (κ2) is 7.92. The number of thioether (sulfide) groups is 1. The van der Waals surface area contributed by atoms with Crippen molar-refractivity contribution in [3.8, 4) is 0 Å². The number of urea groups is 1. The van der Waals surface area contributed by atoms with Crippen LogP contribution in [0.15, 0.2) is 11.1 Å². The summed E-state index contributed by atoms with van der Waals surface area (Å²) in [5.74, 6) is -0.536. The molecule has 0 unspecified atom stereocenters. The smallest absolute Gasteiger partial charge is 0.333 e. The fourth-order valence-corrected chi connectivity index (χ4v) is 4.91. The molecule has 27 heavy (non-hydrogen) atoms. The molecule has 3 aliphatic rings. The highest BCUT2D eigenvalue weighted by Crippen LogP contribution is 2.38. The quantitative estimate of drug-likeness (QED) is 0.430. The first-order chi connectivity index (χ1) is 12.9. The minimum atomic E-state index is -0.803. The van der Waals surface area contributed by atoms with Gasteiger partial charge in [-0.3, -0.25) is 14.5 Å². The molecule has 8 nitrogen and oxygen atoms in total. The number of rotatable bonds is 5. The third-order valence-corrected chi connectivity index (χ3v) is 6.51. The van der Waals surface area contributed by atoms with E-state index in [1.54, 1.807) is 6.92 Å². The standard InChI is InChI=1S/C18H25N3O5S/c1-3-26-15(23)10-14-20(13(22)11-27-14)8-9-21-16(24)18(19-17(21)25)7-5-4-6-12(18)2/h10,12H,3-9,11H2,1-2H3,(H,19,25)/b14-10-/t12-,18+/m0/s1. The van der Waals surface area contributed by atoms with Crippen molar-refractivity contribution in [2.45, 2.75) is 45.1 Å². The highest BCUT2D eigenvalue weighted by atomic mass is 32.2. The number of imide groups is 1. The van der Waals surface area contributed by atoms with E-state index in [0.29, 0.717) is 11.4 Å². The van der Waals surface area contributed by atoms with Crippen molar-refractivity contribution in [3.63, 3.8) is 0 Å². The molecule has 0 bridgehead atoms. The third-order valence-electron chi connectivity index (χ3n) is 5.49. The monoisotopic (exact) mass is 395 g/mol. The molecule has 3 fully saturated rings. The summed E-state index contributed by atoms with van der Waals surface area (Å²) in [6.07, 6.45) is 4.83. The van der Waals surface area contributed by atoms with E-state index < -0.39 is 17.5 Å². The minimum Gasteiger partial charge on any atom is -0.463 e. The maximum absolute atomic E-state index is 13.0. The summed E-state index contributed by atoms with van der Waals surface area (Å²) in [5, 5.41) is 3.40. The Labute approximate surface area is 162 Å². The van der Waals surface area contributed by atoms with Crippen LogP contribution in [-0.2, 0) is 19.1 Å². The number of carbonyl (C=O) groups is 4. The fraction of sp³-hybridized carbons (Fsp3) is 0.667. The van der Waals surface area contributed by atoms with Gasteiger partial charge < -0.3 is 15.0 Å². The Morgan fingerprint density at radius 1 is 1.30 bits per heavy atom. The van der Waals surface area contributed by atoms with E-state index >= 15 is 0 Å². The lowest BCUT2D eigenvalue weighted by molar-refractivity contribution is -0.137. The van der Waals surface area contributed by atoms with Crippen LogP contribution in [-0.4, -0.2) is 64.6 Å². The summed E-state index contributed by atoms with van der Waals surface area (Å²) < 4.78 is 4.89. The topological polar surface area (TPSA) is 96.0 Å². The first-order valence-corrected chi connectivity index (χ1v) is 10.3. The number of amides is 4. The molecule has 1 aliphatic carbocycles. The first kappa shape index (κ1) is 19.7. The molecule has 2 saturated heterocycles. The van der Waals surface area contributed by atoms with Gasteiger partial charge in [0.25, 0.3) is 5.91 Å². The number of nitrogens with zero attached hydrogens (tertiary/aromatic N) is 2. The van der Waals surface area contributed by atoms with Gasteiger partial charge in [0.2, 0.25) is 5.91 Å². The molecule has 0 aromatic rings. The van der Waals surface area contributed by atoms with E-state index in [0.717, 1.165) is 19.3 Å². The Balaban J connectivity index is 1.68. The summed E-state index contributed by atoms with van der Waals surface area (Å²) in [7, 11) is 0. The van der Waals surface area contributed by atoms with Gasteiger partial charge in [0, 0.05) is 13.1 Å². The molecular weight excluding hydrogens is 370 g/mol. The molecule has 1 spiro atoms. The fourth-order valence-electron chi connectivity index (χ4n) is 3.95. The van der Waals surface area contributed by atoms with Crippen molar-refractivity contribution in [1.29, 1.82) is 0 Å². The molecular formula is C18H25N3O5S. The molecule has 0 aromatic carbocycles. The van der Waals surface area contributed by atoms with Crippen LogP contribution in [0, 0.1) is 5.92 Å². The molecule has 2 atom stereocenters. The molecule has 148 valence electrons. The predicted molar refractivity (Wildman–Crippen MR) is 99.5 cm³/mol. The maximum Gasteiger partial charge on any atom is 0.333 e. The summed E-state index contributed by atoms with van der Waals surface area (Å²) >= 11 is 1.25. The lowest BCUT2D eigenvalue weighted by atomic mass is 9.73. The van der Waals surface area contributed by atoms with Crippen molar-refractivity contribution in [1.82, 2.24) is 15.1 Å². The lowest BCUT2D eigenvalue weighted by Crippen LogP contribution is -2.54. The molecule has 3 rings (SSSR count). The largest absolute Gasteiger partial charge is 0.463 e. The van der Waals surface area contributed by atoms with Crippen molar-refractivity contribution in [2.75, 3.05) is 25.4 Å². The summed E-state index contributed by atoms with van der Waals surface area (Å²) in [4.78, 5) is 51.9. The molecule has 4 amide bonds. The van der Waals surface area contributed by atoms with Crippen molar-refractivity contribution in [2.24, 2.45) is 5.92 Å². The van der Waals surface area contributed by atoms with Crippen LogP contribution in [0.25, 0.3) is 0 Å². The second-order valence-corrected chi connectivity index (χ2v) is 8.07. The van der Waals surface area contributed by atoms with Crippen molar-refractivity contribution < 1.29 is 23.9 Å². The number of esters is 1. The summed E-state index contributed by atoms with van der Waals surface area (Å²) in [6.45, 7) is 4.23. The molecule has 0 radical (unpaired) electrons. The number of nitrogens with one attached hydrogen (secondary N) is 1. The van der Waals surface area contributed by atoms with Gasteiger partial charge in [0.05, 0.1) is 23.5 Å². The van der Waals surface area contributed by atoms with Gasteiger partial charge in [0.1, 0.15) is 5.54 Å². The number of ether oxygens (including phenoxy) is 1.